The molecule has 9 heteroatoms. The molecule has 4 rings (SSSR count). The molecule has 2 N–H and O–H groups in total. The highest BCUT2D eigenvalue weighted by Gasteiger charge is 2.24. The lowest BCUT2D eigenvalue weighted by molar-refractivity contribution is -0.301. The SMILES string of the molecule is CC(C)c1ccc2c(c1)C(N1CCN(C)CC1)=Cc1cccnc1S2.O.O=C([O-])/C=C\C(=O)[O-]. The van der Waals surface area contributed by atoms with Crippen molar-refractivity contribution in [1.29, 1.82) is 0 Å². The van der Waals surface area contributed by atoms with Gasteiger partial charge in [-0.3, -0.25) is 0 Å². The van der Waals surface area contributed by atoms with Gasteiger partial charge in [0.05, 0.1) is 11.9 Å². The number of benzene rings is 1. The van der Waals surface area contributed by atoms with Crippen LogP contribution in [0.5, 0.6) is 0 Å². The number of aliphatic carboxylic acids is 2. The van der Waals surface area contributed by atoms with Gasteiger partial charge in [0.2, 0.25) is 0 Å². The maximum Gasteiger partial charge on any atom is 0.108 e. The first kappa shape index (κ1) is 27.1. The molecule has 182 valence electrons. The zero-order chi connectivity index (χ0) is 24.0. The Labute approximate surface area is 203 Å². The lowest BCUT2D eigenvalue weighted by Crippen LogP contribution is -2.43. The van der Waals surface area contributed by atoms with Crippen LogP contribution in [0.3, 0.4) is 0 Å². The van der Waals surface area contributed by atoms with Crippen LogP contribution in [0.1, 0.15) is 36.5 Å². The van der Waals surface area contributed by atoms with E-state index >= 15 is 0 Å². The van der Waals surface area contributed by atoms with Gasteiger partial charge in [0.1, 0.15) is 5.03 Å². The number of carboxylic acids is 2. The minimum atomic E-state index is -1.55. The van der Waals surface area contributed by atoms with Crippen molar-refractivity contribution in [2.45, 2.75) is 29.7 Å². The fourth-order valence-corrected chi connectivity index (χ4v) is 4.54. The molecule has 0 aliphatic carbocycles. The molecule has 0 radical (unpaired) electrons. The summed E-state index contributed by atoms with van der Waals surface area (Å²) in [5.74, 6) is -2.56. The Kier molecular flexibility index (Phi) is 9.85. The molecular weight excluding hydrogens is 454 g/mol. The number of hydrogen-bond donors (Lipinski definition) is 0. The standard InChI is InChI=1S/C21H25N3S.C4H4O4.H2O/c1-15(2)16-6-7-20-18(13-16)19(24-11-9-23(3)10-12-24)14-17-5-4-8-22-21(17)25-20;5-3(6)1-2-4(7)8;/h4-8,13-15H,9-12H2,1-3H3;1-2H,(H,5,6)(H,7,8);1H2/p-2/b;2-1-;. The van der Waals surface area contributed by atoms with Gasteiger partial charge in [0.25, 0.3) is 0 Å². The van der Waals surface area contributed by atoms with Gasteiger partial charge in [-0.15, -0.1) is 0 Å². The number of rotatable bonds is 4. The summed E-state index contributed by atoms with van der Waals surface area (Å²) in [7, 11) is 2.21. The minimum Gasteiger partial charge on any atom is -0.545 e. The molecule has 1 aromatic carbocycles. The third-order valence-corrected chi connectivity index (χ3v) is 6.56. The number of hydrogen-bond acceptors (Lipinski definition) is 8. The molecule has 8 nitrogen and oxygen atoms in total. The number of carboxylic acid groups (broad SMARTS) is 2. The number of likely N-dealkylation sites (N-methyl/N-ethyl adjacent to an activating group) is 1. The second-order valence-electron chi connectivity index (χ2n) is 8.20. The summed E-state index contributed by atoms with van der Waals surface area (Å²) in [5, 5.41) is 19.9. The fourth-order valence-electron chi connectivity index (χ4n) is 3.57. The number of pyridine rings is 1. The summed E-state index contributed by atoms with van der Waals surface area (Å²) in [6.07, 6.45) is 5.00. The van der Waals surface area contributed by atoms with E-state index in [1.54, 1.807) is 11.8 Å². The third kappa shape index (κ3) is 7.18. The van der Waals surface area contributed by atoms with Crippen LogP contribution in [-0.2, 0) is 9.59 Å². The molecule has 1 saturated heterocycles. The average Bonchev–Trinajstić information content (AvgIpc) is 2.95. The maximum absolute atomic E-state index is 9.41. The molecule has 0 saturated carbocycles. The van der Waals surface area contributed by atoms with Gasteiger partial charge in [-0.25, -0.2) is 4.98 Å². The predicted octanol–water partition coefficient (Wildman–Crippen LogP) is 0.633. The number of nitrogens with zero attached hydrogens (tertiary/aromatic N) is 3. The normalized spacial score (nSPS) is 15.3. The first-order valence-corrected chi connectivity index (χ1v) is 11.6. The number of aromatic nitrogens is 1. The van der Waals surface area contributed by atoms with Crippen molar-refractivity contribution < 1.29 is 25.3 Å². The molecule has 0 unspecified atom stereocenters. The van der Waals surface area contributed by atoms with Crippen molar-refractivity contribution in [3.8, 4) is 0 Å². The molecule has 3 heterocycles. The summed E-state index contributed by atoms with van der Waals surface area (Å²) in [4.78, 5) is 29.7. The van der Waals surface area contributed by atoms with E-state index in [0.717, 1.165) is 31.2 Å². The van der Waals surface area contributed by atoms with Gasteiger partial charge in [-0.2, -0.15) is 0 Å². The molecule has 2 aliphatic heterocycles. The van der Waals surface area contributed by atoms with E-state index in [4.69, 9.17) is 0 Å². The lowest BCUT2D eigenvalue weighted by atomic mass is 9.98. The Balaban J connectivity index is 0.000000394. The molecule has 0 atom stereocenters. The Hall–Kier alpha value is -3.14. The van der Waals surface area contributed by atoms with Crippen LogP contribution in [0.4, 0.5) is 0 Å². The maximum atomic E-state index is 9.41. The van der Waals surface area contributed by atoms with Crippen LogP contribution in [0, 0.1) is 0 Å². The van der Waals surface area contributed by atoms with Crippen LogP contribution >= 0.6 is 11.8 Å². The van der Waals surface area contributed by atoms with E-state index in [1.165, 1.54) is 27.3 Å². The van der Waals surface area contributed by atoms with Crippen molar-refractivity contribution >= 4 is 35.5 Å². The molecule has 0 bridgehead atoms. The molecule has 0 spiro atoms. The van der Waals surface area contributed by atoms with Crippen LogP contribution in [-0.4, -0.2) is 65.4 Å². The smallest absolute Gasteiger partial charge is 0.108 e. The lowest BCUT2D eigenvalue weighted by Gasteiger charge is -2.36. The third-order valence-electron chi connectivity index (χ3n) is 5.45. The largest absolute Gasteiger partial charge is 0.545 e. The second kappa shape index (κ2) is 12.4. The highest BCUT2D eigenvalue weighted by molar-refractivity contribution is 7.99. The summed E-state index contributed by atoms with van der Waals surface area (Å²) in [6.45, 7) is 8.91. The zero-order valence-electron chi connectivity index (χ0n) is 19.5. The van der Waals surface area contributed by atoms with Gasteiger partial charge < -0.3 is 35.1 Å². The molecule has 34 heavy (non-hydrogen) atoms. The van der Waals surface area contributed by atoms with Crippen molar-refractivity contribution in [1.82, 2.24) is 14.8 Å². The number of fused-ring (bicyclic) bond motifs is 2. The van der Waals surface area contributed by atoms with E-state index in [-0.39, 0.29) is 5.48 Å². The second-order valence-corrected chi connectivity index (χ2v) is 9.23. The Morgan fingerprint density at radius 2 is 1.71 bits per heavy atom. The summed E-state index contributed by atoms with van der Waals surface area (Å²) in [5.41, 5.74) is 5.34. The predicted molar refractivity (Wildman–Crippen MR) is 129 cm³/mol. The first-order valence-electron chi connectivity index (χ1n) is 10.8. The fraction of sp³-hybridized carbons (Fsp3) is 0.320. The van der Waals surface area contributed by atoms with E-state index < -0.39 is 11.9 Å². The van der Waals surface area contributed by atoms with Crippen LogP contribution in [0.15, 0.2) is 58.6 Å². The topological polar surface area (TPSA) is 131 Å². The van der Waals surface area contributed by atoms with Crippen molar-refractivity contribution in [2.75, 3.05) is 33.2 Å². The highest BCUT2D eigenvalue weighted by atomic mass is 32.2. The summed E-state index contributed by atoms with van der Waals surface area (Å²) in [6, 6.07) is 11.2. The Morgan fingerprint density at radius 3 is 2.29 bits per heavy atom. The first-order chi connectivity index (χ1) is 15.7. The van der Waals surface area contributed by atoms with Gasteiger partial charge >= 0.3 is 0 Å². The molecule has 2 aliphatic rings. The number of carbonyl (C=O) groups excluding carboxylic acids is 2. The van der Waals surface area contributed by atoms with Gasteiger partial charge in [0, 0.05) is 54.1 Å². The monoisotopic (exact) mass is 483 g/mol. The number of carbonyl (C=O) groups is 2. The van der Waals surface area contributed by atoms with E-state index in [0.29, 0.717) is 18.1 Å². The molecule has 1 fully saturated rings. The highest BCUT2D eigenvalue weighted by Crippen LogP contribution is 2.41. The van der Waals surface area contributed by atoms with E-state index in [2.05, 4.69) is 66.0 Å². The van der Waals surface area contributed by atoms with Crippen molar-refractivity contribution in [3.05, 3.63) is 65.4 Å². The zero-order valence-corrected chi connectivity index (χ0v) is 20.3. The summed E-state index contributed by atoms with van der Waals surface area (Å²) >= 11 is 1.79. The number of piperazine rings is 1. The Morgan fingerprint density at radius 1 is 1.06 bits per heavy atom. The van der Waals surface area contributed by atoms with Crippen molar-refractivity contribution in [2.24, 2.45) is 0 Å². The summed E-state index contributed by atoms with van der Waals surface area (Å²) < 4.78 is 0. The van der Waals surface area contributed by atoms with Gasteiger partial charge in [-0.1, -0.05) is 37.7 Å². The van der Waals surface area contributed by atoms with E-state index in [9.17, 15) is 19.8 Å². The molecular formula is C25H29N3O5S-2. The Bertz CT molecular complexity index is 1060. The van der Waals surface area contributed by atoms with Gasteiger partial charge in [0.15, 0.2) is 0 Å². The van der Waals surface area contributed by atoms with Crippen LogP contribution in [0.2, 0.25) is 0 Å². The van der Waals surface area contributed by atoms with Gasteiger partial charge in [-0.05, 0) is 55.0 Å². The van der Waals surface area contributed by atoms with Crippen LogP contribution in [0.25, 0.3) is 11.8 Å². The molecule has 0 amide bonds. The minimum absolute atomic E-state index is 0. The average molecular weight is 484 g/mol. The van der Waals surface area contributed by atoms with E-state index in [1.807, 2.05) is 12.3 Å². The van der Waals surface area contributed by atoms with Crippen molar-refractivity contribution in [3.63, 3.8) is 0 Å². The molecule has 1 aromatic heterocycles. The van der Waals surface area contributed by atoms with Crippen LogP contribution < -0.4 is 10.2 Å². The molecule has 2 aromatic rings. The quantitative estimate of drug-likeness (QED) is 0.579.